The number of para-hydroxylation sites is 1. The van der Waals surface area contributed by atoms with Gasteiger partial charge in [0, 0.05) is 24.5 Å². The lowest BCUT2D eigenvalue weighted by Crippen LogP contribution is -2.34. The van der Waals surface area contributed by atoms with Crippen molar-refractivity contribution in [1.29, 1.82) is 0 Å². The molecule has 5 nitrogen and oxygen atoms in total. The zero-order valence-electron chi connectivity index (χ0n) is 11.2. The molecule has 0 radical (unpaired) electrons. The Labute approximate surface area is 117 Å². The van der Waals surface area contributed by atoms with Crippen molar-refractivity contribution in [2.24, 2.45) is 5.73 Å². The van der Waals surface area contributed by atoms with Crippen LogP contribution in [-0.4, -0.2) is 27.8 Å². The third-order valence-electron chi connectivity index (χ3n) is 3.71. The summed E-state index contributed by atoms with van der Waals surface area (Å²) in [5.74, 6) is -0.0600. The van der Waals surface area contributed by atoms with Gasteiger partial charge in [-0.25, -0.2) is 4.68 Å². The van der Waals surface area contributed by atoms with Gasteiger partial charge in [0.25, 0.3) is 5.91 Å². The van der Waals surface area contributed by atoms with Gasteiger partial charge in [0.1, 0.15) is 0 Å². The average molecular weight is 270 g/mol. The Morgan fingerprint density at radius 3 is 2.85 bits per heavy atom. The molecule has 1 fully saturated rings. The van der Waals surface area contributed by atoms with E-state index in [4.69, 9.17) is 5.73 Å². The summed E-state index contributed by atoms with van der Waals surface area (Å²) in [5, 5.41) is 7.26. The van der Waals surface area contributed by atoms with Crippen LogP contribution in [0.25, 0.3) is 5.69 Å². The van der Waals surface area contributed by atoms with Gasteiger partial charge in [-0.05, 0) is 37.5 Å². The maximum atomic E-state index is 12.4. The van der Waals surface area contributed by atoms with E-state index in [1.165, 1.54) is 0 Å². The van der Waals surface area contributed by atoms with E-state index >= 15 is 0 Å². The van der Waals surface area contributed by atoms with Crippen molar-refractivity contribution in [3.63, 3.8) is 0 Å². The topological polar surface area (TPSA) is 72.9 Å². The van der Waals surface area contributed by atoms with E-state index in [0.717, 1.165) is 24.9 Å². The molecular weight excluding hydrogens is 252 g/mol. The van der Waals surface area contributed by atoms with Crippen molar-refractivity contribution in [3.8, 4) is 5.69 Å². The minimum atomic E-state index is -0.0600. The molecule has 2 aromatic rings. The van der Waals surface area contributed by atoms with E-state index in [1.807, 2.05) is 36.5 Å². The molecule has 0 bridgehead atoms. The van der Waals surface area contributed by atoms with Gasteiger partial charge in [-0.2, -0.15) is 5.10 Å². The van der Waals surface area contributed by atoms with Crippen molar-refractivity contribution in [3.05, 3.63) is 48.3 Å². The molecule has 20 heavy (non-hydrogen) atoms. The van der Waals surface area contributed by atoms with Crippen LogP contribution in [0.2, 0.25) is 0 Å². The van der Waals surface area contributed by atoms with Gasteiger partial charge in [-0.1, -0.05) is 12.1 Å². The van der Waals surface area contributed by atoms with Crippen LogP contribution in [0.1, 0.15) is 29.6 Å². The van der Waals surface area contributed by atoms with Crippen LogP contribution in [0.15, 0.2) is 42.7 Å². The summed E-state index contributed by atoms with van der Waals surface area (Å²) in [6.45, 7) is 0. The zero-order valence-corrected chi connectivity index (χ0v) is 11.2. The second kappa shape index (κ2) is 5.46. The fourth-order valence-corrected chi connectivity index (χ4v) is 2.69. The number of nitrogens with two attached hydrogens (primary N) is 1. The first kappa shape index (κ1) is 12.9. The zero-order chi connectivity index (χ0) is 13.9. The molecule has 0 spiro atoms. The lowest BCUT2D eigenvalue weighted by molar-refractivity contribution is 0.0937. The van der Waals surface area contributed by atoms with E-state index in [0.29, 0.717) is 5.56 Å². The smallest absolute Gasteiger partial charge is 0.253 e. The molecule has 104 valence electrons. The van der Waals surface area contributed by atoms with Crippen LogP contribution in [-0.2, 0) is 0 Å². The highest BCUT2D eigenvalue weighted by Crippen LogP contribution is 2.19. The van der Waals surface area contributed by atoms with Gasteiger partial charge in [0.2, 0.25) is 0 Å². The number of nitrogens with one attached hydrogen (secondary N) is 1. The summed E-state index contributed by atoms with van der Waals surface area (Å²) in [5.41, 5.74) is 7.31. The van der Waals surface area contributed by atoms with Gasteiger partial charge >= 0.3 is 0 Å². The number of carbonyl (C=O) groups is 1. The van der Waals surface area contributed by atoms with E-state index in [1.54, 1.807) is 10.9 Å². The van der Waals surface area contributed by atoms with E-state index in [2.05, 4.69) is 10.4 Å². The second-order valence-electron chi connectivity index (χ2n) is 5.21. The predicted octanol–water partition coefficient (Wildman–Crippen LogP) is 1.48. The highest BCUT2D eigenvalue weighted by Gasteiger charge is 2.24. The SMILES string of the molecule is N[C@H]1CC[C@H](NC(=O)c2ccccc2-n2cccn2)C1. The molecule has 1 aliphatic carbocycles. The van der Waals surface area contributed by atoms with Gasteiger partial charge in [-0.3, -0.25) is 4.79 Å². The third kappa shape index (κ3) is 2.58. The summed E-state index contributed by atoms with van der Waals surface area (Å²) >= 11 is 0. The molecule has 2 atom stereocenters. The fraction of sp³-hybridized carbons (Fsp3) is 0.333. The Kier molecular flexibility index (Phi) is 3.52. The Bertz CT molecular complexity index is 594. The summed E-state index contributed by atoms with van der Waals surface area (Å²) in [4.78, 5) is 12.4. The summed E-state index contributed by atoms with van der Waals surface area (Å²) in [6, 6.07) is 9.71. The Morgan fingerprint density at radius 1 is 1.30 bits per heavy atom. The van der Waals surface area contributed by atoms with Crippen LogP contribution in [0, 0.1) is 0 Å². The minimum Gasteiger partial charge on any atom is -0.349 e. The van der Waals surface area contributed by atoms with Crippen molar-refractivity contribution in [1.82, 2.24) is 15.1 Å². The Hall–Kier alpha value is -2.14. The van der Waals surface area contributed by atoms with Crippen molar-refractivity contribution < 1.29 is 4.79 Å². The fourth-order valence-electron chi connectivity index (χ4n) is 2.69. The minimum absolute atomic E-state index is 0.0600. The molecule has 3 N–H and O–H groups in total. The summed E-state index contributed by atoms with van der Waals surface area (Å²) in [7, 11) is 0. The maximum absolute atomic E-state index is 12.4. The van der Waals surface area contributed by atoms with Gasteiger partial charge in [0.15, 0.2) is 0 Å². The molecule has 1 aromatic heterocycles. The van der Waals surface area contributed by atoms with Gasteiger partial charge in [-0.15, -0.1) is 0 Å². The lowest BCUT2D eigenvalue weighted by Gasteiger charge is -2.14. The number of carbonyl (C=O) groups excluding carboxylic acids is 1. The number of aromatic nitrogens is 2. The number of nitrogens with zero attached hydrogens (tertiary/aromatic N) is 2. The summed E-state index contributed by atoms with van der Waals surface area (Å²) < 4.78 is 1.70. The van der Waals surface area contributed by atoms with E-state index < -0.39 is 0 Å². The molecule has 1 aliphatic rings. The van der Waals surface area contributed by atoms with Gasteiger partial charge < -0.3 is 11.1 Å². The highest BCUT2D eigenvalue weighted by molar-refractivity contribution is 5.97. The van der Waals surface area contributed by atoms with Crippen LogP contribution in [0.5, 0.6) is 0 Å². The quantitative estimate of drug-likeness (QED) is 0.887. The standard InChI is InChI=1S/C15H18N4O/c16-11-6-7-12(10-11)18-15(20)13-4-1-2-5-14(13)19-9-3-8-17-19/h1-5,8-9,11-12H,6-7,10,16H2,(H,18,20)/t11-,12-/m0/s1. The molecule has 0 aliphatic heterocycles. The van der Waals surface area contributed by atoms with E-state index in [-0.39, 0.29) is 18.0 Å². The van der Waals surface area contributed by atoms with E-state index in [9.17, 15) is 4.79 Å². The predicted molar refractivity (Wildman–Crippen MR) is 76.6 cm³/mol. The molecule has 1 aromatic carbocycles. The molecule has 1 heterocycles. The first-order valence-electron chi connectivity index (χ1n) is 6.89. The highest BCUT2D eigenvalue weighted by atomic mass is 16.1. The number of hydrogen-bond acceptors (Lipinski definition) is 3. The molecule has 0 saturated heterocycles. The Balaban J connectivity index is 1.81. The first-order valence-corrected chi connectivity index (χ1v) is 6.89. The number of amides is 1. The van der Waals surface area contributed by atoms with Crippen molar-refractivity contribution >= 4 is 5.91 Å². The normalized spacial score (nSPS) is 21.9. The number of rotatable bonds is 3. The van der Waals surface area contributed by atoms with Crippen LogP contribution < -0.4 is 11.1 Å². The Morgan fingerprint density at radius 2 is 2.15 bits per heavy atom. The molecular formula is C15H18N4O. The lowest BCUT2D eigenvalue weighted by atomic mass is 10.1. The van der Waals surface area contributed by atoms with Crippen LogP contribution >= 0.6 is 0 Å². The van der Waals surface area contributed by atoms with Crippen molar-refractivity contribution in [2.75, 3.05) is 0 Å². The van der Waals surface area contributed by atoms with Crippen LogP contribution in [0.4, 0.5) is 0 Å². The monoisotopic (exact) mass is 270 g/mol. The second-order valence-corrected chi connectivity index (χ2v) is 5.21. The number of benzene rings is 1. The largest absolute Gasteiger partial charge is 0.349 e. The summed E-state index contributed by atoms with van der Waals surface area (Å²) in [6.07, 6.45) is 6.32. The molecule has 1 saturated carbocycles. The van der Waals surface area contributed by atoms with Crippen molar-refractivity contribution in [2.45, 2.75) is 31.3 Å². The molecule has 5 heteroatoms. The first-order chi connectivity index (χ1) is 9.74. The maximum Gasteiger partial charge on any atom is 0.253 e. The molecule has 1 amide bonds. The molecule has 0 unspecified atom stereocenters. The van der Waals surface area contributed by atoms with Crippen LogP contribution in [0.3, 0.4) is 0 Å². The average Bonchev–Trinajstić information content (AvgIpc) is 3.10. The molecule has 3 rings (SSSR count). The van der Waals surface area contributed by atoms with Gasteiger partial charge in [0.05, 0.1) is 11.3 Å². The number of hydrogen-bond donors (Lipinski definition) is 2. The third-order valence-corrected chi connectivity index (χ3v) is 3.71.